The number of hydrogen-bond acceptors (Lipinski definition) is 4. The number of ketones is 2. The van der Waals surface area contributed by atoms with Crippen LogP contribution < -0.4 is 0 Å². The molecule has 1 aliphatic carbocycles. The third-order valence-electron chi connectivity index (χ3n) is 4.06. The molecule has 2 unspecified atom stereocenters. The molecule has 4 nitrogen and oxygen atoms in total. The lowest BCUT2D eigenvalue weighted by molar-refractivity contribution is -0.118. The van der Waals surface area contributed by atoms with E-state index in [9.17, 15) is 9.59 Å². The maximum absolute atomic E-state index is 12.5. The number of nitrogens with zero attached hydrogens (tertiary/aromatic N) is 2. The van der Waals surface area contributed by atoms with Crippen molar-refractivity contribution in [3.05, 3.63) is 35.4 Å². The number of benzene rings is 1. The lowest BCUT2D eigenvalue weighted by atomic mass is 9.84. The SMILES string of the molecule is CC(C)C1N=C2c3ccccc3C(=O)C(=O)C2N1CCCl. The lowest BCUT2D eigenvalue weighted by Gasteiger charge is -2.31. The van der Waals surface area contributed by atoms with Crippen molar-refractivity contribution in [3.63, 3.8) is 0 Å². The van der Waals surface area contributed by atoms with Crippen LogP contribution in [-0.2, 0) is 4.79 Å². The van der Waals surface area contributed by atoms with Crippen molar-refractivity contribution in [3.8, 4) is 0 Å². The molecule has 0 N–H and O–H groups in total. The van der Waals surface area contributed by atoms with E-state index in [0.717, 1.165) is 11.3 Å². The Hall–Kier alpha value is -1.52. The Labute approximate surface area is 128 Å². The van der Waals surface area contributed by atoms with E-state index in [2.05, 4.69) is 13.8 Å². The molecule has 1 aliphatic heterocycles. The second-order valence-electron chi connectivity index (χ2n) is 5.74. The average molecular weight is 305 g/mol. The van der Waals surface area contributed by atoms with Gasteiger partial charge < -0.3 is 0 Å². The minimum Gasteiger partial charge on any atom is -0.288 e. The van der Waals surface area contributed by atoms with Gasteiger partial charge in [-0.2, -0.15) is 0 Å². The number of carbonyl (C=O) groups excluding carboxylic acids is 2. The highest BCUT2D eigenvalue weighted by molar-refractivity contribution is 6.54. The van der Waals surface area contributed by atoms with E-state index in [0.29, 0.717) is 18.0 Å². The molecule has 0 spiro atoms. The summed E-state index contributed by atoms with van der Waals surface area (Å²) in [6.45, 7) is 4.67. The van der Waals surface area contributed by atoms with Crippen LogP contribution in [0, 0.1) is 5.92 Å². The maximum atomic E-state index is 12.5. The molecule has 2 atom stereocenters. The molecule has 1 aromatic carbocycles. The molecule has 21 heavy (non-hydrogen) atoms. The highest BCUT2D eigenvalue weighted by Gasteiger charge is 2.48. The Morgan fingerprint density at radius 2 is 1.90 bits per heavy atom. The summed E-state index contributed by atoms with van der Waals surface area (Å²) in [5.41, 5.74) is 1.97. The molecule has 5 heteroatoms. The van der Waals surface area contributed by atoms with Crippen molar-refractivity contribution in [2.24, 2.45) is 10.9 Å². The van der Waals surface area contributed by atoms with Crippen LogP contribution in [0.2, 0.25) is 0 Å². The van der Waals surface area contributed by atoms with Crippen LogP contribution in [-0.4, -0.2) is 46.8 Å². The van der Waals surface area contributed by atoms with Crippen LogP contribution in [0.15, 0.2) is 29.3 Å². The largest absolute Gasteiger partial charge is 0.288 e. The zero-order chi connectivity index (χ0) is 15.1. The molecule has 1 heterocycles. The lowest BCUT2D eigenvalue weighted by Crippen LogP contribution is -2.52. The first-order chi connectivity index (χ1) is 10.1. The maximum Gasteiger partial charge on any atom is 0.231 e. The highest BCUT2D eigenvalue weighted by Crippen LogP contribution is 2.32. The van der Waals surface area contributed by atoms with E-state index >= 15 is 0 Å². The fourth-order valence-electron chi connectivity index (χ4n) is 3.14. The fourth-order valence-corrected chi connectivity index (χ4v) is 3.34. The van der Waals surface area contributed by atoms with Gasteiger partial charge in [0.1, 0.15) is 12.2 Å². The van der Waals surface area contributed by atoms with E-state index in [-0.39, 0.29) is 17.9 Å². The number of Topliss-reactive ketones (excluding diaryl/α,β-unsaturated/α-hetero) is 2. The van der Waals surface area contributed by atoms with Gasteiger partial charge in [0.05, 0.1) is 5.71 Å². The van der Waals surface area contributed by atoms with Crippen molar-refractivity contribution in [1.29, 1.82) is 0 Å². The van der Waals surface area contributed by atoms with Gasteiger partial charge in [-0.3, -0.25) is 19.5 Å². The van der Waals surface area contributed by atoms with E-state index in [1.807, 2.05) is 17.0 Å². The number of halogens is 1. The molecule has 0 amide bonds. The van der Waals surface area contributed by atoms with Gasteiger partial charge in [0.2, 0.25) is 11.6 Å². The third-order valence-corrected chi connectivity index (χ3v) is 4.23. The number of carbonyl (C=O) groups is 2. The van der Waals surface area contributed by atoms with Gasteiger partial charge >= 0.3 is 0 Å². The topological polar surface area (TPSA) is 49.7 Å². The summed E-state index contributed by atoms with van der Waals surface area (Å²) >= 11 is 5.88. The van der Waals surface area contributed by atoms with Crippen LogP contribution in [0.3, 0.4) is 0 Å². The molecule has 0 radical (unpaired) electrons. The van der Waals surface area contributed by atoms with Gasteiger partial charge in [-0.05, 0) is 5.92 Å². The zero-order valence-electron chi connectivity index (χ0n) is 12.0. The molecule has 1 aromatic rings. The first-order valence-electron chi connectivity index (χ1n) is 7.13. The summed E-state index contributed by atoms with van der Waals surface area (Å²) in [5, 5.41) is 0. The molecule has 3 rings (SSSR count). The Morgan fingerprint density at radius 3 is 2.52 bits per heavy atom. The Morgan fingerprint density at radius 1 is 1.24 bits per heavy atom. The van der Waals surface area contributed by atoms with Crippen LogP contribution in [0.5, 0.6) is 0 Å². The van der Waals surface area contributed by atoms with Crippen molar-refractivity contribution in [2.45, 2.75) is 26.1 Å². The summed E-state index contributed by atoms with van der Waals surface area (Å²) in [6.07, 6.45) is -0.105. The average Bonchev–Trinajstić information content (AvgIpc) is 2.85. The molecule has 0 saturated heterocycles. The van der Waals surface area contributed by atoms with Crippen LogP contribution >= 0.6 is 11.6 Å². The van der Waals surface area contributed by atoms with Gasteiger partial charge in [-0.25, -0.2) is 0 Å². The molecular weight excluding hydrogens is 288 g/mol. The van der Waals surface area contributed by atoms with E-state index in [4.69, 9.17) is 16.6 Å². The first-order valence-corrected chi connectivity index (χ1v) is 7.67. The summed E-state index contributed by atoms with van der Waals surface area (Å²) < 4.78 is 0. The van der Waals surface area contributed by atoms with Crippen molar-refractivity contribution >= 4 is 28.9 Å². The summed E-state index contributed by atoms with van der Waals surface area (Å²) in [5.74, 6) is -0.147. The molecule has 2 aliphatic rings. The Balaban J connectivity index is 2.14. The monoisotopic (exact) mass is 304 g/mol. The molecule has 110 valence electrons. The number of alkyl halides is 1. The zero-order valence-corrected chi connectivity index (χ0v) is 12.8. The van der Waals surface area contributed by atoms with Crippen LogP contribution in [0.25, 0.3) is 0 Å². The standard InChI is InChI=1S/C16H17ClN2O2/c1-9(2)16-18-12-10-5-3-4-6-11(10)14(20)15(21)13(12)19(16)8-7-17/h3-6,9,13,16H,7-8H2,1-2H3. The second kappa shape index (κ2) is 5.35. The van der Waals surface area contributed by atoms with Gasteiger partial charge in [0, 0.05) is 23.6 Å². The van der Waals surface area contributed by atoms with Gasteiger partial charge in [0.15, 0.2) is 0 Å². The van der Waals surface area contributed by atoms with Crippen molar-refractivity contribution < 1.29 is 9.59 Å². The van der Waals surface area contributed by atoms with Gasteiger partial charge in [-0.1, -0.05) is 38.1 Å². The number of rotatable bonds is 3. The molecule has 0 saturated carbocycles. The summed E-state index contributed by atoms with van der Waals surface area (Å²) in [7, 11) is 0. The smallest absolute Gasteiger partial charge is 0.231 e. The first kappa shape index (κ1) is 14.4. The Kier molecular flexibility index (Phi) is 3.68. The molecule has 0 aromatic heterocycles. The quantitative estimate of drug-likeness (QED) is 0.635. The van der Waals surface area contributed by atoms with Crippen LogP contribution in [0.4, 0.5) is 0 Å². The van der Waals surface area contributed by atoms with E-state index in [1.54, 1.807) is 12.1 Å². The fraction of sp³-hybridized carbons (Fsp3) is 0.438. The predicted octanol–water partition coefficient (Wildman–Crippen LogP) is 2.15. The highest BCUT2D eigenvalue weighted by atomic mass is 35.5. The van der Waals surface area contributed by atoms with Crippen molar-refractivity contribution in [1.82, 2.24) is 4.90 Å². The normalized spacial score (nSPS) is 25.0. The van der Waals surface area contributed by atoms with Gasteiger partial charge in [0.25, 0.3) is 0 Å². The molecular formula is C16H17ClN2O2. The minimum absolute atomic E-state index is 0.105. The molecule has 0 fully saturated rings. The number of aliphatic imine (C=N–C) groups is 1. The minimum atomic E-state index is -0.571. The van der Waals surface area contributed by atoms with E-state index < -0.39 is 11.8 Å². The van der Waals surface area contributed by atoms with Gasteiger partial charge in [-0.15, -0.1) is 11.6 Å². The number of fused-ring (bicyclic) bond motifs is 3. The predicted molar refractivity (Wildman–Crippen MR) is 82.2 cm³/mol. The van der Waals surface area contributed by atoms with E-state index in [1.165, 1.54) is 0 Å². The second-order valence-corrected chi connectivity index (χ2v) is 6.12. The molecule has 0 bridgehead atoms. The van der Waals surface area contributed by atoms with Crippen molar-refractivity contribution in [2.75, 3.05) is 12.4 Å². The number of hydrogen-bond donors (Lipinski definition) is 0. The summed E-state index contributed by atoms with van der Waals surface area (Å²) in [4.78, 5) is 31.5. The Bertz CT molecular complexity index is 639. The van der Waals surface area contributed by atoms with Crippen LogP contribution in [0.1, 0.15) is 29.8 Å². The summed E-state index contributed by atoms with van der Waals surface area (Å²) in [6, 6.07) is 6.64. The third kappa shape index (κ3) is 2.14.